The fourth-order valence-corrected chi connectivity index (χ4v) is 6.82. The molecule has 0 amide bonds. The summed E-state index contributed by atoms with van der Waals surface area (Å²) in [6, 6.07) is 27.2. The van der Waals surface area contributed by atoms with E-state index < -0.39 is 5.25 Å². The lowest BCUT2D eigenvalue weighted by Gasteiger charge is -2.21. The van der Waals surface area contributed by atoms with Gasteiger partial charge in [0, 0.05) is 34.9 Å². The number of nitrogens with zero attached hydrogens (tertiary/aromatic N) is 4. The van der Waals surface area contributed by atoms with Gasteiger partial charge in [-0.1, -0.05) is 84.9 Å². The van der Waals surface area contributed by atoms with Crippen LogP contribution < -0.4 is 5.56 Å². The molecule has 0 spiro atoms. The molecule has 4 aromatic rings. The van der Waals surface area contributed by atoms with Crippen molar-refractivity contribution in [1.29, 1.82) is 0 Å². The summed E-state index contributed by atoms with van der Waals surface area (Å²) in [4.78, 5) is 36.1. The van der Waals surface area contributed by atoms with Gasteiger partial charge in [0.1, 0.15) is 10.8 Å². The van der Waals surface area contributed by atoms with Crippen molar-refractivity contribution in [3.63, 3.8) is 0 Å². The van der Waals surface area contributed by atoms with Gasteiger partial charge in [-0.3, -0.25) is 9.59 Å². The first kappa shape index (κ1) is 24.6. The van der Waals surface area contributed by atoms with Crippen LogP contribution in [0.1, 0.15) is 46.1 Å². The highest BCUT2D eigenvalue weighted by Gasteiger charge is 2.31. The van der Waals surface area contributed by atoms with E-state index in [1.165, 1.54) is 16.4 Å². The van der Waals surface area contributed by atoms with Crippen LogP contribution >= 0.6 is 11.8 Å². The van der Waals surface area contributed by atoms with Gasteiger partial charge in [-0.2, -0.15) is 4.68 Å². The zero-order valence-corrected chi connectivity index (χ0v) is 22.6. The summed E-state index contributed by atoms with van der Waals surface area (Å²) in [5.74, 6) is 0.439. The summed E-state index contributed by atoms with van der Waals surface area (Å²) in [5.41, 5.74) is 4.60. The number of nitrogens with one attached hydrogen (secondary N) is 1. The number of H-pyrrole nitrogens is 1. The number of hydrogen-bond donors (Lipinski definition) is 1. The molecule has 3 aliphatic rings. The summed E-state index contributed by atoms with van der Waals surface area (Å²) in [7, 11) is 0. The maximum atomic E-state index is 14.2. The number of benzene rings is 3. The summed E-state index contributed by atoms with van der Waals surface area (Å²) in [5, 5.41) is 5.77. The molecule has 0 bridgehead atoms. The third-order valence-electron chi connectivity index (χ3n) is 7.59. The molecule has 0 aliphatic carbocycles. The molecule has 0 unspecified atom stereocenters. The molecule has 7 nitrogen and oxygen atoms in total. The van der Waals surface area contributed by atoms with Crippen LogP contribution in [0.5, 0.6) is 0 Å². The third kappa shape index (κ3) is 4.25. The van der Waals surface area contributed by atoms with Gasteiger partial charge in [0.05, 0.1) is 5.69 Å². The van der Waals surface area contributed by atoms with Crippen molar-refractivity contribution in [3.8, 4) is 17.1 Å². The smallest absolute Gasteiger partial charge is 0.284 e. The van der Waals surface area contributed by atoms with E-state index >= 15 is 0 Å². The zero-order valence-electron chi connectivity index (χ0n) is 21.8. The highest BCUT2D eigenvalue weighted by atomic mass is 32.2. The Balaban J connectivity index is 1.39. The Hall–Kier alpha value is -4.43. The number of thioether (sulfide) groups is 1. The third-order valence-corrected chi connectivity index (χ3v) is 8.83. The van der Waals surface area contributed by atoms with Gasteiger partial charge in [-0.05, 0) is 43.0 Å². The van der Waals surface area contributed by atoms with Crippen LogP contribution in [0.25, 0.3) is 28.0 Å². The van der Waals surface area contributed by atoms with Gasteiger partial charge in [-0.25, -0.2) is 4.98 Å². The van der Waals surface area contributed by atoms with Crippen molar-refractivity contribution in [3.05, 3.63) is 118 Å². The second kappa shape index (κ2) is 10.3. The number of carbonyl (C=O) groups is 1. The number of fused-ring (bicyclic) bond motifs is 4. The highest BCUT2D eigenvalue weighted by molar-refractivity contribution is 8.00. The Morgan fingerprint density at radius 2 is 1.65 bits per heavy atom. The second-order valence-electron chi connectivity index (χ2n) is 10.1. The van der Waals surface area contributed by atoms with Gasteiger partial charge >= 0.3 is 0 Å². The minimum atomic E-state index is -0.520. The molecule has 8 heteroatoms. The standard InChI is InChI=1S/C32H27N5O2S/c38-28(24-20-33-25-17-10-9-16-23(24)25)29(21-12-4-1-5-13-21)40-32-34-30-27(26-18-8-3-11-19-36(26)32)31(39)37(35-30)22-14-6-2-7-15-22/h1-2,4-7,9-10,12-17,20,29,33H,3,8,11,18-19H2/t29-/m0/s1. The first-order valence-electron chi connectivity index (χ1n) is 13.6. The van der Waals surface area contributed by atoms with Gasteiger partial charge in [0.25, 0.3) is 5.56 Å². The van der Waals surface area contributed by atoms with Crippen molar-refractivity contribution >= 4 is 28.4 Å². The summed E-state index contributed by atoms with van der Waals surface area (Å²) >= 11 is 1.44. The summed E-state index contributed by atoms with van der Waals surface area (Å²) in [6.07, 6.45) is 5.64. The number of para-hydroxylation sites is 2. The van der Waals surface area contributed by atoms with Crippen LogP contribution in [0.15, 0.2) is 101 Å². The Morgan fingerprint density at radius 1 is 0.900 bits per heavy atom. The topological polar surface area (TPSA) is 85.6 Å². The monoisotopic (exact) mass is 545 g/mol. The van der Waals surface area contributed by atoms with E-state index in [0.29, 0.717) is 27.8 Å². The van der Waals surface area contributed by atoms with Crippen LogP contribution in [0.4, 0.5) is 0 Å². The Labute approximate surface area is 235 Å². The van der Waals surface area contributed by atoms with E-state index in [-0.39, 0.29) is 11.3 Å². The highest BCUT2D eigenvalue weighted by Crippen LogP contribution is 2.40. The number of Topliss-reactive ketones (excluding diaryl/α,β-unsaturated/α-hetero) is 1. The summed E-state index contributed by atoms with van der Waals surface area (Å²) in [6.45, 7) is 0.749. The predicted molar refractivity (Wildman–Crippen MR) is 157 cm³/mol. The number of aromatic amines is 1. The largest absolute Gasteiger partial charge is 0.360 e. The lowest BCUT2D eigenvalue weighted by Crippen LogP contribution is -2.20. The van der Waals surface area contributed by atoms with Crippen molar-refractivity contribution in [1.82, 2.24) is 24.3 Å². The first-order valence-corrected chi connectivity index (χ1v) is 14.5. The molecular formula is C32H27N5O2S. The number of ketones is 1. The minimum absolute atomic E-state index is 0.0119. The van der Waals surface area contributed by atoms with Gasteiger partial charge in [0.15, 0.2) is 16.8 Å². The molecule has 0 radical (unpaired) electrons. The minimum Gasteiger partial charge on any atom is -0.360 e. The van der Waals surface area contributed by atoms with E-state index in [1.807, 2.05) is 84.9 Å². The Morgan fingerprint density at radius 3 is 2.48 bits per heavy atom. The molecule has 1 aromatic heterocycles. The molecule has 0 saturated carbocycles. The number of aromatic nitrogens is 5. The van der Waals surface area contributed by atoms with Crippen LogP contribution in [-0.4, -0.2) is 30.1 Å². The Kier molecular flexibility index (Phi) is 6.32. The fourth-order valence-electron chi connectivity index (χ4n) is 5.61. The van der Waals surface area contributed by atoms with Crippen LogP contribution in [0.3, 0.4) is 0 Å². The molecule has 7 rings (SSSR count). The SMILES string of the molecule is O=C(c1c[nH]c2ccccc12)[C@@H](Sc1nc2nn(-c3ccccc3)c(=O)c-2c2n1CCCCC2)c1ccccc1. The molecular weight excluding hydrogens is 518 g/mol. The number of carbonyl (C=O) groups excluding carboxylic acids is 1. The normalized spacial score (nSPS) is 14.2. The summed E-state index contributed by atoms with van der Waals surface area (Å²) < 4.78 is 3.61. The fraction of sp³-hybridized carbons (Fsp3) is 0.188. The molecule has 40 heavy (non-hydrogen) atoms. The quantitative estimate of drug-likeness (QED) is 0.148. The second-order valence-corrected chi connectivity index (χ2v) is 11.1. The van der Waals surface area contributed by atoms with Crippen LogP contribution in [0, 0.1) is 0 Å². The lowest BCUT2D eigenvalue weighted by molar-refractivity contribution is 0.0991. The van der Waals surface area contributed by atoms with Crippen molar-refractivity contribution in [2.45, 2.75) is 42.6 Å². The molecule has 3 aromatic carbocycles. The van der Waals surface area contributed by atoms with E-state index in [0.717, 1.165) is 54.4 Å². The van der Waals surface area contributed by atoms with Gasteiger partial charge in [0.2, 0.25) is 0 Å². The van der Waals surface area contributed by atoms with E-state index in [2.05, 4.69) is 14.6 Å². The lowest BCUT2D eigenvalue weighted by atomic mass is 10.0. The molecule has 1 atom stereocenters. The van der Waals surface area contributed by atoms with E-state index in [1.54, 1.807) is 6.20 Å². The maximum absolute atomic E-state index is 14.2. The van der Waals surface area contributed by atoms with Crippen molar-refractivity contribution in [2.75, 3.05) is 0 Å². The van der Waals surface area contributed by atoms with Crippen molar-refractivity contribution in [2.24, 2.45) is 0 Å². The molecule has 4 heterocycles. The first-order chi connectivity index (χ1) is 19.7. The molecule has 3 aliphatic heterocycles. The zero-order chi connectivity index (χ0) is 27.1. The van der Waals surface area contributed by atoms with E-state index in [9.17, 15) is 9.59 Å². The number of hydrogen-bond acceptors (Lipinski definition) is 5. The average molecular weight is 546 g/mol. The van der Waals surface area contributed by atoms with Gasteiger partial charge in [-0.15, -0.1) is 5.10 Å². The van der Waals surface area contributed by atoms with Crippen LogP contribution in [-0.2, 0) is 13.0 Å². The van der Waals surface area contributed by atoms with Crippen molar-refractivity contribution < 1.29 is 4.79 Å². The molecule has 1 N–H and O–H groups in total. The molecule has 198 valence electrons. The molecule has 0 saturated heterocycles. The Bertz CT molecular complexity index is 1860. The average Bonchev–Trinajstić information content (AvgIpc) is 3.48. The van der Waals surface area contributed by atoms with E-state index in [4.69, 9.17) is 4.98 Å². The van der Waals surface area contributed by atoms with Gasteiger partial charge < -0.3 is 9.55 Å². The predicted octanol–water partition coefficient (Wildman–Crippen LogP) is 6.46. The molecule has 0 fully saturated rings. The number of rotatable bonds is 6. The maximum Gasteiger partial charge on any atom is 0.284 e. The van der Waals surface area contributed by atoms with Crippen LogP contribution in [0.2, 0.25) is 0 Å².